The second kappa shape index (κ2) is 10.2. The molecule has 0 spiro atoms. The van der Waals surface area contributed by atoms with Crippen molar-refractivity contribution in [3.63, 3.8) is 0 Å². The summed E-state index contributed by atoms with van der Waals surface area (Å²) in [5, 5.41) is 3.14. The van der Waals surface area contributed by atoms with Crippen molar-refractivity contribution in [2.45, 2.75) is 18.4 Å². The Hall–Kier alpha value is -4.29. The number of benzene rings is 3. The quantitative estimate of drug-likeness (QED) is 0.279. The SMILES string of the molecule is CNC(=O)c1c(-c2ccc(F)cc2)oc2cc(N(C)S(C)(=O)=O)c(C3CC(c4nc5c(F)cccc5o4)N(C)C3)cc12. The first-order valence-electron chi connectivity index (χ1n) is 13.2. The highest BCUT2D eigenvalue weighted by atomic mass is 32.2. The number of oxazole rings is 1. The number of amides is 1. The summed E-state index contributed by atoms with van der Waals surface area (Å²) in [6, 6.07) is 13.2. The molecular weight excluding hydrogens is 566 g/mol. The molecule has 1 fully saturated rings. The van der Waals surface area contributed by atoms with Crippen LogP contribution in [0.4, 0.5) is 14.5 Å². The van der Waals surface area contributed by atoms with Gasteiger partial charge in [-0.1, -0.05) is 6.07 Å². The summed E-state index contributed by atoms with van der Waals surface area (Å²) in [6.07, 6.45) is 1.61. The maximum absolute atomic E-state index is 14.3. The monoisotopic (exact) mass is 594 g/mol. The van der Waals surface area contributed by atoms with E-state index in [1.807, 2.05) is 11.9 Å². The number of likely N-dealkylation sites (N-methyl/N-ethyl adjacent to an activating group) is 1. The molecule has 1 amide bonds. The lowest BCUT2D eigenvalue weighted by Crippen LogP contribution is -2.26. The van der Waals surface area contributed by atoms with E-state index in [1.165, 1.54) is 48.7 Å². The van der Waals surface area contributed by atoms with Gasteiger partial charge in [0, 0.05) is 43.6 Å². The topological polar surface area (TPSA) is 109 Å². The minimum Gasteiger partial charge on any atom is -0.455 e. The highest BCUT2D eigenvalue weighted by Crippen LogP contribution is 2.46. The maximum Gasteiger partial charge on any atom is 0.255 e. The number of nitrogens with zero attached hydrogens (tertiary/aromatic N) is 3. The molecule has 1 aliphatic rings. The summed E-state index contributed by atoms with van der Waals surface area (Å²) < 4.78 is 66.7. The van der Waals surface area contributed by atoms with Crippen molar-refractivity contribution in [3.05, 3.63) is 83.2 Å². The van der Waals surface area contributed by atoms with Gasteiger partial charge < -0.3 is 14.2 Å². The average Bonchev–Trinajstić information content (AvgIpc) is 3.66. The number of furan rings is 1. The molecule has 0 bridgehead atoms. The Balaban J connectivity index is 1.51. The normalized spacial score (nSPS) is 17.8. The number of aromatic nitrogens is 1. The molecule has 2 unspecified atom stereocenters. The fraction of sp³-hybridized carbons (Fsp3) is 0.267. The van der Waals surface area contributed by atoms with E-state index in [0.717, 1.165) is 6.26 Å². The first-order chi connectivity index (χ1) is 20.0. The number of hydrogen-bond acceptors (Lipinski definition) is 7. The molecule has 12 heteroatoms. The maximum atomic E-state index is 14.3. The van der Waals surface area contributed by atoms with Gasteiger partial charge in [-0.15, -0.1) is 0 Å². The third-order valence-corrected chi connectivity index (χ3v) is 9.09. The minimum atomic E-state index is -3.67. The van der Waals surface area contributed by atoms with Gasteiger partial charge in [-0.3, -0.25) is 14.0 Å². The van der Waals surface area contributed by atoms with E-state index in [2.05, 4.69) is 10.3 Å². The van der Waals surface area contributed by atoms with Gasteiger partial charge in [-0.05, 0) is 61.5 Å². The van der Waals surface area contributed by atoms with Crippen LogP contribution in [0.5, 0.6) is 0 Å². The molecule has 1 aliphatic heterocycles. The number of halogens is 2. The molecule has 1 N–H and O–H groups in total. The van der Waals surface area contributed by atoms with Crippen LogP contribution in [0.2, 0.25) is 0 Å². The Morgan fingerprint density at radius 3 is 2.50 bits per heavy atom. The fourth-order valence-electron chi connectivity index (χ4n) is 5.67. The van der Waals surface area contributed by atoms with E-state index >= 15 is 0 Å². The predicted molar refractivity (Wildman–Crippen MR) is 155 cm³/mol. The summed E-state index contributed by atoms with van der Waals surface area (Å²) in [7, 11) is 1.19. The van der Waals surface area contributed by atoms with Crippen LogP contribution in [0.15, 0.2) is 63.4 Å². The van der Waals surface area contributed by atoms with Gasteiger partial charge in [0.1, 0.15) is 22.7 Å². The lowest BCUT2D eigenvalue weighted by molar-refractivity contribution is 0.0964. The van der Waals surface area contributed by atoms with E-state index in [9.17, 15) is 22.0 Å². The Morgan fingerprint density at radius 2 is 1.83 bits per heavy atom. The zero-order chi connectivity index (χ0) is 29.9. The van der Waals surface area contributed by atoms with Crippen LogP contribution >= 0.6 is 0 Å². The van der Waals surface area contributed by atoms with Crippen LogP contribution in [0.25, 0.3) is 33.4 Å². The molecule has 6 rings (SSSR count). The third kappa shape index (κ3) is 4.70. The molecule has 3 aromatic carbocycles. The summed E-state index contributed by atoms with van der Waals surface area (Å²) >= 11 is 0. The Bertz CT molecular complexity index is 1950. The van der Waals surface area contributed by atoms with Crippen molar-refractivity contribution in [1.29, 1.82) is 0 Å². The van der Waals surface area contributed by atoms with Gasteiger partial charge in [0.15, 0.2) is 11.4 Å². The number of fused-ring (bicyclic) bond motifs is 2. The van der Waals surface area contributed by atoms with Gasteiger partial charge in [0.25, 0.3) is 5.91 Å². The number of para-hydroxylation sites is 1. The smallest absolute Gasteiger partial charge is 0.255 e. The van der Waals surface area contributed by atoms with E-state index in [0.29, 0.717) is 52.2 Å². The number of rotatable bonds is 6. The lowest BCUT2D eigenvalue weighted by Gasteiger charge is -2.23. The molecule has 0 aliphatic carbocycles. The molecule has 1 saturated heterocycles. The molecule has 3 heterocycles. The highest BCUT2D eigenvalue weighted by molar-refractivity contribution is 7.92. The molecule has 0 saturated carbocycles. The number of anilines is 1. The summed E-state index contributed by atoms with van der Waals surface area (Å²) in [5.41, 5.74) is 2.65. The van der Waals surface area contributed by atoms with Crippen LogP contribution in [-0.2, 0) is 10.0 Å². The second-order valence-corrected chi connectivity index (χ2v) is 12.6. The van der Waals surface area contributed by atoms with Crippen molar-refractivity contribution in [2.24, 2.45) is 0 Å². The third-order valence-electron chi connectivity index (χ3n) is 7.89. The number of likely N-dealkylation sites (tertiary alicyclic amines) is 1. The Morgan fingerprint density at radius 1 is 1.10 bits per heavy atom. The van der Waals surface area contributed by atoms with Gasteiger partial charge in [-0.25, -0.2) is 22.2 Å². The van der Waals surface area contributed by atoms with Crippen LogP contribution in [0.1, 0.15) is 40.2 Å². The van der Waals surface area contributed by atoms with Crippen molar-refractivity contribution in [2.75, 3.05) is 38.2 Å². The largest absolute Gasteiger partial charge is 0.455 e. The first kappa shape index (κ1) is 27.9. The number of sulfonamides is 1. The zero-order valence-electron chi connectivity index (χ0n) is 23.3. The molecular formula is C30H28F2N4O5S. The Labute approximate surface area is 240 Å². The van der Waals surface area contributed by atoms with Crippen molar-refractivity contribution >= 4 is 43.7 Å². The van der Waals surface area contributed by atoms with Gasteiger partial charge in [-0.2, -0.15) is 0 Å². The number of nitrogens with one attached hydrogen (secondary N) is 1. The van der Waals surface area contributed by atoms with Crippen LogP contribution in [0, 0.1) is 11.6 Å². The highest BCUT2D eigenvalue weighted by Gasteiger charge is 2.37. The van der Waals surface area contributed by atoms with Crippen LogP contribution in [0.3, 0.4) is 0 Å². The number of hydrogen-bond donors (Lipinski definition) is 1. The summed E-state index contributed by atoms with van der Waals surface area (Å²) in [5.74, 6) is -0.905. The number of carbonyl (C=O) groups excluding carboxylic acids is 1. The van der Waals surface area contributed by atoms with Crippen LogP contribution in [-0.4, -0.2) is 58.2 Å². The first-order valence-corrected chi connectivity index (χ1v) is 15.1. The average molecular weight is 595 g/mol. The van der Waals surface area contributed by atoms with Gasteiger partial charge in [0.2, 0.25) is 15.9 Å². The number of carbonyl (C=O) groups is 1. The van der Waals surface area contributed by atoms with E-state index < -0.39 is 27.6 Å². The summed E-state index contributed by atoms with van der Waals surface area (Å²) in [6.45, 7) is 0.514. The van der Waals surface area contributed by atoms with Gasteiger partial charge in [0.05, 0.1) is 23.5 Å². The van der Waals surface area contributed by atoms with Crippen molar-refractivity contribution in [3.8, 4) is 11.3 Å². The Kier molecular flexibility index (Phi) is 6.77. The summed E-state index contributed by atoms with van der Waals surface area (Å²) in [4.78, 5) is 19.6. The molecule has 9 nitrogen and oxygen atoms in total. The molecule has 5 aromatic rings. The van der Waals surface area contributed by atoms with E-state index in [1.54, 1.807) is 24.3 Å². The zero-order valence-corrected chi connectivity index (χ0v) is 24.1. The van der Waals surface area contributed by atoms with Crippen molar-refractivity contribution in [1.82, 2.24) is 15.2 Å². The molecule has 2 atom stereocenters. The molecule has 42 heavy (non-hydrogen) atoms. The van der Waals surface area contributed by atoms with Crippen LogP contribution < -0.4 is 9.62 Å². The molecule has 218 valence electrons. The van der Waals surface area contributed by atoms with Gasteiger partial charge >= 0.3 is 0 Å². The van der Waals surface area contributed by atoms with E-state index in [4.69, 9.17) is 8.83 Å². The second-order valence-electron chi connectivity index (χ2n) is 10.6. The van der Waals surface area contributed by atoms with Crippen molar-refractivity contribution < 1.29 is 30.8 Å². The minimum absolute atomic E-state index is 0.158. The molecule has 0 radical (unpaired) electrons. The predicted octanol–water partition coefficient (Wildman–Crippen LogP) is 5.44. The lowest BCUT2D eigenvalue weighted by atomic mass is 9.92. The van der Waals surface area contributed by atoms with E-state index in [-0.39, 0.29) is 28.8 Å². The fourth-order valence-corrected chi connectivity index (χ4v) is 6.19. The molecule has 2 aromatic heterocycles. The standard InChI is InChI=1S/C30H28F2N4O5S/c1-33-29(37)26-20-13-19(17-12-23(35(2)15-17)30-34-27-21(32)6-5-7-24(27)41-30)22(36(3)42(4,38)39)14-25(20)40-28(26)16-8-10-18(31)11-9-16/h5-11,13-14,17,23H,12,15H2,1-4H3,(H,33,37).